The summed E-state index contributed by atoms with van der Waals surface area (Å²) in [6, 6.07) is 8.31. The first-order valence-electron chi connectivity index (χ1n) is 9.03. The average molecular weight is 384 g/mol. The molecule has 1 unspecified atom stereocenters. The number of aryl methyl sites for hydroxylation is 1. The van der Waals surface area contributed by atoms with Crippen LogP contribution in [0.3, 0.4) is 0 Å². The highest BCUT2D eigenvalue weighted by atomic mass is 32.2. The van der Waals surface area contributed by atoms with Crippen LogP contribution in [-0.2, 0) is 9.63 Å². The number of hydrogen-bond donors (Lipinski definition) is 0. The fourth-order valence-corrected chi connectivity index (χ4v) is 4.44. The second-order valence-corrected chi connectivity index (χ2v) is 8.12. The third kappa shape index (κ3) is 4.33. The standard InChI is InChI=1S/C21H25N3O2S/c1-14(2)12-24-20(25)13-27-21(24)19-11-22-8-7-18(19)16-6-5-15(3)17(9-16)10-23-26-4/h5-11,14,21H,12-13H2,1-4H3. The Balaban J connectivity index is 2.02. The van der Waals surface area contributed by atoms with Gasteiger partial charge in [-0.15, -0.1) is 11.8 Å². The number of rotatable bonds is 6. The largest absolute Gasteiger partial charge is 0.399 e. The zero-order valence-electron chi connectivity index (χ0n) is 16.2. The summed E-state index contributed by atoms with van der Waals surface area (Å²) in [5.41, 5.74) is 5.39. The predicted octanol–water partition coefficient (Wildman–Crippen LogP) is 4.27. The minimum atomic E-state index is 0.000922. The number of hydrogen-bond acceptors (Lipinski definition) is 5. The van der Waals surface area contributed by atoms with Crippen LogP contribution in [0.4, 0.5) is 0 Å². The van der Waals surface area contributed by atoms with Crippen LogP contribution in [0.25, 0.3) is 11.1 Å². The summed E-state index contributed by atoms with van der Waals surface area (Å²) in [5, 5.41) is 3.90. The van der Waals surface area contributed by atoms with Gasteiger partial charge in [-0.05, 0) is 47.2 Å². The molecule has 0 spiro atoms. The second-order valence-electron chi connectivity index (χ2n) is 7.05. The quantitative estimate of drug-likeness (QED) is 0.552. The fourth-order valence-electron chi connectivity index (χ4n) is 3.23. The molecule has 1 aliphatic heterocycles. The summed E-state index contributed by atoms with van der Waals surface area (Å²) in [4.78, 5) is 23.6. The molecule has 1 aromatic heterocycles. The van der Waals surface area contributed by atoms with E-state index in [0.29, 0.717) is 11.7 Å². The first-order chi connectivity index (χ1) is 13.0. The molecule has 1 fully saturated rings. The second kappa shape index (κ2) is 8.57. The summed E-state index contributed by atoms with van der Waals surface area (Å²) in [5.74, 6) is 1.14. The Labute approximate surface area is 164 Å². The number of benzene rings is 1. The Morgan fingerprint density at radius 2 is 2.22 bits per heavy atom. The number of carbonyl (C=O) groups is 1. The minimum Gasteiger partial charge on any atom is -0.399 e. The summed E-state index contributed by atoms with van der Waals surface area (Å²) in [6.07, 6.45) is 5.41. The Morgan fingerprint density at radius 1 is 1.41 bits per heavy atom. The molecule has 142 valence electrons. The van der Waals surface area contributed by atoms with E-state index in [0.717, 1.165) is 34.4 Å². The average Bonchev–Trinajstić information content (AvgIpc) is 3.01. The number of oxime groups is 1. The van der Waals surface area contributed by atoms with Crippen LogP contribution in [-0.4, -0.2) is 41.4 Å². The van der Waals surface area contributed by atoms with E-state index in [1.54, 1.807) is 24.2 Å². The molecule has 0 saturated carbocycles. The SMILES string of the molecule is CON=Cc1cc(-c2ccncc2C2SCC(=O)N2CC(C)C)ccc1C. The van der Waals surface area contributed by atoms with Crippen LogP contribution in [0.15, 0.2) is 41.8 Å². The Kier molecular flexibility index (Phi) is 6.16. The van der Waals surface area contributed by atoms with Crippen molar-refractivity contribution in [2.75, 3.05) is 19.4 Å². The smallest absolute Gasteiger partial charge is 0.233 e. The summed E-state index contributed by atoms with van der Waals surface area (Å²) >= 11 is 1.67. The van der Waals surface area contributed by atoms with Gasteiger partial charge in [0.25, 0.3) is 0 Å². The van der Waals surface area contributed by atoms with E-state index in [1.807, 2.05) is 24.1 Å². The van der Waals surface area contributed by atoms with Gasteiger partial charge in [-0.1, -0.05) is 31.1 Å². The van der Waals surface area contributed by atoms with Crippen molar-refractivity contribution in [3.05, 3.63) is 53.3 Å². The van der Waals surface area contributed by atoms with Crippen LogP contribution in [0.1, 0.15) is 35.9 Å². The molecule has 5 nitrogen and oxygen atoms in total. The maximum Gasteiger partial charge on any atom is 0.233 e. The maximum absolute atomic E-state index is 12.4. The first kappa shape index (κ1) is 19.4. The third-order valence-corrected chi connectivity index (χ3v) is 5.77. The van der Waals surface area contributed by atoms with Gasteiger partial charge in [-0.3, -0.25) is 9.78 Å². The third-order valence-electron chi connectivity index (χ3n) is 4.54. The molecule has 0 aliphatic carbocycles. The first-order valence-corrected chi connectivity index (χ1v) is 10.1. The van der Waals surface area contributed by atoms with Gasteiger partial charge in [-0.25, -0.2) is 0 Å². The van der Waals surface area contributed by atoms with Gasteiger partial charge in [0.2, 0.25) is 5.91 Å². The molecule has 3 rings (SSSR count). The molecule has 27 heavy (non-hydrogen) atoms. The van der Waals surface area contributed by atoms with E-state index < -0.39 is 0 Å². The van der Waals surface area contributed by atoms with E-state index in [-0.39, 0.29) is 11.3 Å². The molecule has 1 aromatic carbocycles. The zero-order chi connectivity index (χ0) is 19.4. The number of nitrogens with zero attached hydrogens (tertiary/aromatic N) is 3. The Bertz CT molecular complexity index is 851. The maximum atomic E-state index is 12.4. The normalized spacial score (nSPS) is 17.3. The molecule has 0 N–H and O–H groups in total. The Morgan fingerprint density at radius 3 is 2.96 bits per heavy atom. The van der Waals surface area contributed by atoms with Crippen LogP contribution in [0.5, 0.6) is 0 Å². The van der Waals surface area contributed by atoms with Crippen molar-refractivity contribution >= 4 is 23.9 Å². The Hall–Kier alpha value is -2.34. The monoisotopic (exact) mass is 383 g/mol. The molecule has 0 bridgehead atoms. The summed E-state index contributed by atoms with van der Waals surface area (Å²) in [6.45, 7) is 7.08. The van der Waals surface area contributed by atoms with Gasteiger partial charge >= 0.3 is 0 Å². The van der Waals surface area contributed by atoms with Crippen molar-refractivity contribution in [1.29, 1.82) is 0 Å². The lowest BCUT2D eigenvalue weighted by atomic mass is 9.97. The van der Waals surface area contributed by atoms with Crippen molar-refractivity contribution in [3.8, 4) is 11.1 Å². The highest BCUT2D eigenvalue weighted by Gasteiger charge is 2.34. The van der Waals surface area contributed by atoms with E-state index in [1.165, 1.54) is 7.11 Å². The van der Waals surface area contributed by atoms with Gasteiger partial charge < -0.3 is 9.74 Å². The van der Waals surface area contributed by atoms with Gasteiger partial charge in [-0.2, -0.15) is 0 Å². The highest BCUT2D eigenvalue weighted by Crippen LogP contribution is 2.42. The molecule has 2 aromatic rings. The van der Waals surface area contributed by atoms with Gasteiger partial charge in [0.05, 0.1) is 12.0 Å². The molecule has 1 aliphatic rings. The van der Waals surface area contributed by atoms with Gasteiger partial charge in [0.1, 0.15) is 12.5 Å². The van der Waals surface area contributed by atoms with Crippen molar-refractivity contribution in [2.45, 2.75) is 26.1 Å². The van der Waals surface area contributed by atoms with Crippen molar-refractivity contribution in [3.63, 3.8) is 0 Å². The molecular weight excluding hydrogens is 358 g/mol. The topological polar surface area (TPSA) is 54.8 Å². The van der Waals surface area contributed by atoms with Crippen LogP contribution >= 0.6 is 11.8 Å². The molecule has 2 heterocycles. The van der Waals surface area contributed by atoms with Gasteiger partial charge in [0.15, 0.2) is 0 Å². The van der Waals surface area contributed by atoms with Crippen LogP contribution in [0.2, 0.25) is 0 Å². The molecule has 0 radical (unpaired) electrons. The van der Waals surface area contributed by atoms with Crippen molar-refractivity contribution in [1.82, 2.24) is 9.88 Å². The van der Waals surface area contributed by atoms with E-state index in [9.17, 15) is 4.79 Å². The zero-order valence-corrected chi connectivity index (χ0v) is 17.0. The number of thioether (sulfide) groups is 1. The lowest BCUT2D eigenvalue weighted by Crippen LogP contribution is -2.31. The van der Waals surface area contributed by atoms with E-state index in [4.69, 9.17) is 4.84 Å². The summed E-state index contributed by atoms with van der Waals surface area (Å²) < 4.78 is 0. The molecule has 6 heteroatoms. The van der Waals surface area contributed by atoms with Crippen LogP contribution in [0, 0.1) is 12.8 Å². The van der Waals surface area contributed by atoms with Gasteiger partial charge in [0, 0.05) is 24.5 Å². The lowest BCUT2D eigenvalue weighted by molar-refractivity contribution is -0.128. The van der Waals surface area contributed by atoms with E-state index in [2.05, 4.69) is 42.2 Å². The van der Waals surface area contributed by atoms with Crippen LogP contribution < -0.4 is 0 Å². The highest BCUT2D eigenvalue weighted by molar-refractivity contribution is 8.00. The number of pyridine rings is 1. The van der Waals surface area contributed by atoms with Crippen molar-refractivity contribution < 1.29 is 9.63 Å². The number of aromatic nitrogens is 1. The molecule has 1 saturated heterocycles. The molecule has 1 amide bonds. The molecule has 1 atom stereocenters. The number of amides is 1. The van der Waals surface area contributed by atoms with E-state index >= 15 is 0 Å². The minimum absolute atomic E-state index is 0.000922. The van der Waals surface area contributed by atoms with Crippen molar-refractivity contribution in [2.24, 2.45) is 11.1 Å². The predicted molar refractivity (Wildman–Crippen MR) is 111 cm³/mol. The number of carbonyl (C=O) groups excluding carboxylic acids is 1. The summed E-state index contributed by atoms with van der Waals surface area (Å²) in [7, 11) is 1.54. The lowest BCUT2D eigenvalue weighted by Gasteiger charge is -2.27. The molecular formula is C21H25N3O2S. The fraction of sp³-hybridized carbons (Fsp3) is 0.381.